The van der Waals surface area contributed by atoms with Crippen molar-refractivity contribution in [2.24, 2.45) is 5.92 Å². The van der Waals surface area contributed by atoms with E-state index in [9.17, 15) is 9.18 Å². The normalized spacial score (nSPS) is 16.7. The van der Waals surface area contributed by atoms with Crippen molar-refractivity contribution in [3.63, 3.8) is 0 Å². The summed E-state index contributed by atoms with van der Waals surface area (Å²) in [6.07, 6.45) is 2.55. The lowest BCUT2D eigenvalue weighted by molar-refractivity contribution is -0.132. The second-order valence-corrected chi connectivity index (χ2v) is 6.35. The Kier molecular flexibility index (Phi) is 9.59. The molecule has 0 bridgehead atoms. The van der Waals surface area contributed by atoms with Gasteiger partial charge in [0.2, 0.25) is 5.91 Å². The minimum Gasteiger partial charge on any atom is -0.383 e. The summed E-state index contributed by atoms with van der Waals surface area (Å²) in [5, 5.41) is 3.66. The van der Waals surface area contributed by atoms with E-state index in [2.05, 4.69) is 5.32 Å². The van der Waals surface area contributed by atoms with E-state index in [1.54, 1.807) is 18.1 Å². The number of rotatable bonds is 8. The quantitative estimate of drug-likeness (QED) is 0.754. The van der Waals surface area contributed by atoms with Crippen molar-refractivity contribution in [3.8, 4) is 0 Å². The Balaban J connectivity index is 0.00000288. The summed E-state index contributed by atoms with van der Waals surface area (Å²) in [7, 11) is 1.61. The van der Waals surface area contributed by atoms with Crippen molar-refractivity contribution >= 4 is 29.9 Å². The Bertz CT molecular complexity index is 525. The van der Waals surface area contributed by atoms with Gasteiger partial charge in [0.1, 0.15) is 5.82 Å². The van der Waals surface area contributed by atoms with Gasteiger partial charge in [0, 0.05) is 31.6 Å². The number of benzene rings is 1. The minimum atomic E-state index is -0.373. The molecule has 1 unspecified atom stereocenters. The number of nitrogens with zero attached hydrogens (tertiary/aromatic N) is 1. The first-order valence-corrected chi connectivity index (χ1v) is 8.39. The fourth-order valence-corrected chi connectivity index (χ4v) is 3.02. The number of hydrogen-bond donors (Lipinski definition) is 1. The molecule has 7 heteroatoms. The van der Waals surface area contributed by atoms with Gasteiger partial charge in [-0.2, -0.15) is 0 Å². The molecule has 1 aromatic carbocycles. The Morgan fingerprint density at radius 1 is 1.50 bits per heavy atom. The minimum absolute atomic E-state index is 0. The lowest BCUT2D eigenvalue weighted by Gasteiger charge is -2.23. The van der Waals surface area contributed by atoms with Crippen LogP contribution >= 0.6 is 24.0 Å². The molecule has 0 aromatic heterocycles. The number of hydrogen-bond acceptors (Lipinski definition) is 3. The second-order valence-electron chi connectivity index (χ2n) is 5.94. The van der Waals surface area contributed by atoms with E-state index in [0.717, 1.165) is 31.5 Å². The molecule has 1 fully saturated rings. The Hall–Kier alpha value is -0.880. The molecule has 1 aliphatic heterocycles. The molecule has 1 aromatic rings. The van der Waals surface area contributed by atoms with Crippen LogP contribution in [0.25, 0.3) is 0 Å². The molecule has 136 valence electrons. The molecule has 0 aliphatic carbocycles. The molecular weight excluding hydrogens is 354 g/mol. The zero-order chi connectivity index (χ0) is 16.7. The maximum Gasteiger partial charge on any atom is 0.222 e. The molecule has 0 spiro atoms. The third kappa shape index (κ3) is 6.55. The highest BCUT2D eigenvalue weighted by Gasteiger charge is 2.19. The van der Waals surface area contributed by atoms with Crippen LogP contribution in [-0.4, -0.2) is 44.2 Å². The standard InChI is InChI=1S/C17H24ClFN2O2.ClH/c1-23-9-8-21(12-14-3-4-15(19)10-16(14)18)17(22)5-2-13-6-7-20-11-13;/h3-4,10,13,20H,2,5-9,11-12H2,1H3;1H. The summed E-state index contributed by atoms with van der Waals surface area (Å²) in [6.45, 7) is 3.39. The second kappa shape index (κ2) is 10.9. The van der Waals surface area contributed by atoms with Crippen molar-refractivity contribution in [1.29, 1.82) is 0 Å². The first-order valence-electron chi connectivity index (χ1n) is 8.01. The highest BCUT2D eigenvalue weighted by atomic mass is 35.5. The lowest BCUT2D eigenvalue weighted by Crippen LogP contribution is -2.33. The van der Waals surface area contributed by atoms with Crippen LogP contribution in [0.5, 0.6) is 0 Å². The van der Waals surface area contributed by atoms with Crippen LogP contribution in [0.15, 0.2) is 18.2 Å². The molecule has 1 heterocycles. The lowest BCUT2D eigenvalue weighted by atomic mass is 10.0. The first-order chi connectivity index (χ1) is 11.1. The number of ether oxygens (including phenoxy) is 1. The van der Waals surface area contributed by atoms with Crippen molar-refractivity contribution in [2.45, 2.75) is 25.8 Å². The summed E-state index contributed by atoms with van der Waals surface area (Å²) in [5.74, 6) is 0.300. The number of amides is 1. The molecule has 24 heavy (non-hydrogen) atoms. The number of methoxy groups -OCH3 is 1. The molecule has 1 aliphatic rings. The number of nitrogens with one attached hydrogen (secondary N) is 1. The van der Waals surface area contributed by atoms with Crippen LogP contribution in [0.1, 0.15) is 24.8 Å². The molecule has 4 nitrogen and oxygen atoms in total. The van der Waals surface area contributed by atoms with Crippen LogP contribution in [0, 0.1) is 11.7 Å². The van der Waals surface area contributed by atoms with Crippen LogP contribution in [0.3, 0.4) is 0 Å². The summed E-state index contributed by atoms with van der Waals surface area (Å²) in [4.78, 5) is 14.3. The van der Waals surface area contributed by atoms with Gasteiger partial charge in [0.15, 0.2) is 0 Å². The average molecular weight is 379 g/mol. The SMILES string of the molecule is COCCN(Cc1ccc(F)cc1Cl)C(=O)CCC1CCNC1.Cl. The highest BCUT2D eigenvalue weighted by molar-refractivity contribution is 6.31. The molecular formula is C17H25Cl2FN2O2. The van der Waals surface area contributed by atoms with E-state index in [0.29, 0.717) is 37.1 Å². The maximum atomic E-state index is 13.1. The maximum absolute atomic E-state index is 13.1. The molecule has 1 amide bonds. The number of carbonyl (C=O) groups excluding carboxylic acids is 1. The molecule has 0 saturated carbocycles. The highest BCUT2D eigenvalue weighted by Crippen LogP contribution is 2.20. The molecule has 1 saturated heterocycles. The Morgan fingerprint density at radius 2 is 2.29 bits per heavy atom. The first kappa shape index (κ1) is 21.2. The van der Waals surface area contributed by atoms with Crippen molar-refractivity contribution in [1.82, 2.24) is 10.2 Å². The monoisotopic (exact) mass is 378 g/mol. The number of halogens is 3. The van der Waals surface area contributed by atoms with E-state index in [-0.39, 0.29) is 24.1 Å². The van der Waals surface area contributed by atoms with Crippen LogP contribution in [-0.2, 0) is 16.1 Å². The van der Waals surface area contributed by atoms with Gasteiger partial charge in [0.25, 0.3) is 0 Å². The predicted octanol–water partition coefficient (Wildman–Crippen LogP) is 3.27. The van der Waals surface area contributed by atoms with Crippen LogP contribution < -0.4 is 5.32 Å². The topological polar surface area (TPSA) is 41.6 Å². The molecule has 0 radical (unpaired) electrons. The smallest absolute Gasteiger partial charge is 0.222 e. The van der Waals surface area contributed by atoms with E-state index < -0.39 is 0 Å². The largest absolute Gasteiger partial charge is 0.383 e. The van der Waals surface area contributed by atoms with E-state index >= 15 is 0 Å². The van der Waals surface area contributed by atoms with E-state index in [4.69, 9.17) is 16.3 Å². The van der Waals surface area contributed by atoms with Gasteiger partial charge >= 0.3 is 0 Å². The van der Waals surface area contributed by atoms with Crippen LogP contribution in [0.2, 0.25) is 5.02 Å². The Morgan fingerprint density at radius 3 is 2.92 bits per heavy atom. The van der Waals surface area contributed by atoms with E-state index in [1.165, 1.54) is 12.1 Å². The van der Waals surface area contributed by atoms with Crippen molar-refractivity contribution in [3.05, 3.63) is 34.6 Å². The fraction of sp³-hybridized carbons (Fsp3) is 0.588. The van der Waals surface area contributed by atoms with Gasteiger partial charge in [-0.1, -0.05) is 17.7 Å². The van der Waals surface area contributed by atoms with Gasteiger partial charge < -0.3 is 15.0 Å². The molecule has 1 atom stereocenters. The van der Waals surface area contributed by atoms with Crippen LogP contribution in [0.4, 0.5) is 4.39 Å². The van der Waals surface area contributed by atoms with Crippen molar-refractivity contribution in [2.75, 3.05) is 33.4 Å². The van der Waals surface area contributed by atoms with Crippen molar-refractivity contribution < 1.29 is 13.9 Å². The third-order valence-corrected chi connectivity index (χ3v) is 4.58. The molecule has 1 N–H and O–H groups in total. The van der Waals surface area contributed by atoms with Gasteiger partial charge in [-0.25, -0.2) is 4.39 Å². The predicted molar refractivity (Wildman–Crippen MR) is 96.2 cm³/mol. The molecule has 2 rings (SSSR count). The summed E-state index contributed by atoms with van der Waals surface area (Å²) < 4.78 is 18.2. The van der Waals surface area contributed by atoms with Gasteiger partial charge in [-0.05, 0) is 49.5 Å². The van der Waals surface area contributed by atoms with Gasteiger partial charge in [-0.15, -0.1) is 12.4 Å². The summed E-state index contributed by atoms with van der Waals surface area (Å²) in [6, 6.07) is 4.27. The number of carbonyl (C=O) groups is 1. The Labute approximate surface area is 154 Å². The average Bonchev–Trinajstić information content (AvgIpc) is 3.04. The van der Waals surface area contributed by atoms with Gasteiger partial charge in [0.05, 0.1) is 6.61 Å². The zero-order valence-corrected chi connectivity index (χ0v) is 15.5. The fourth-order valence-electron chi connectivity index (χ4n) is 2.80. The third-order valence-electron chi connectivity index (χ3n) is 4.22. The zero-order valence-electron chi connectivity index (χ0n) is 13.9. The van der Waals surface area contributed by atoms with E-state index in [1.807, 2.05) is 0 Å². The van der Waals surface area contributed by atoms with Gasteiger partial charge in [-0.3, -0.25) is 4.79 Å². The summed E-state index contributed by atoms with van der Waals surface area (Å²) >= 11 is 6.08. The summed E-state index contributed by atoms with van der Waals surface area (Å²) in [5.41, 5.74) is 0.750.